The molecule has 0 amide bonds. The smallest absolute Gasteiger partial charge is 1.00 e. The van der Waals surface area contributed by atoms with Gasteiger partial charge in [0.1, 0.15) is 0 Å². The Morgan fingerprint density at radius 2 is 1.65 bits per heavy atom. The van der Waals surface area contributed by atoms with Crippen LogP contribution in [0, 0.1) is 0 Å². The van der Waals surface area contributed by atoms with Crippen molar-refractivity contribution in [1.82, 2.24) is 0 Å². The summed E-state index contributed by atoms with van der Waals surface area (Å²) in [5.41, 5.74) is 7.61. The van der Waals surface area contributed by atoms with Gasteiger partial charge in [0.15, 0.2) is 0 Å². The molecule has 0 fully saturated rings. The normalized spacial score (nSPS) is 15.1. The quantitative estimate of drug-likeness (QED) is 0.566. The van der Waals surface area contributed by atoms with E-state index in [1.807, 2.05) is 0 Å². The second-order valence-electron chi connectivity index (χ2n) is 5.82. The molecule has 1 aliphatic rings. The average Bonchev–Trinajstić information content (AvgIpc) is 2.85. The van der Waals surface area contributed by atoms with Gasteiger partial charge in [0.25, 0.3) is 0 Å². The second-order valence-corrected chi connectivity index (χ2v) is 19.0. The summed E-state index contributed by atoms with van der Waals surface area (Å²) in [6.07, 6.45) is 3.72. The third-order valence-corrected chi connectivity index (χ3v) is 13.0. The Hall–Kier alpha value is -0.140. The van der Waals surface area contributed by atoms with Crippen molar-refractivity contribution in [2.24, 2.45) is 0 Å². The van der Waals surface area contributed by atoms with Crippen molar-refractivity contribution in [1.29, 1.82) is 0 Å². The van der Waals surface area contributed by atoms with Crippen LogP contribution in [0.4, 0.5) is 0 Å². The maximum atomic E-state index is 2.51. The summed E-state index contributed by atoms with van der Waals surface area (Å²) in [6.45, 7) is 7.33. The van der Waals surface area contributed by atoms with E-state index in [2.05, 4.69) is 74.6 Å². The van der Waals surface area contributed by atoms with Crippen LogP contribution in [-0.4, -0.2) is 5.92 Å². The molecule has 1 aliphatic carbocycles. The molecule has 0 nitrogen and oxygen atoms in total. The maximum Gasteiger partial charge on any atom is -1.00 e. The fourth-order valence-electron chi connectivity index (χ4n) is 3.10. The Balaban J connectivity index is 0.00000132. The summed E-state index contributed by atoms with van der Waals surface area (Å²) in [7, 11) is 0. The molecule has 119 valence electrons. The van der Waals surface area contributed by atoms with Gasteiger partial charge in [-0.2, -0.15) is 0 Å². The molecule has 1 radical (unpaired) electrons. The number of hydrogen-bond donors (Lipinski definition) is 0. The first kappa shape index (κ1) is 20.9. The third-order valence-electron chi connectivity index (χ3n) is 4.08. The summed E-state index contributed by atoms with van der Waals surface area (Å²) in [4.78, 5) is 0. The van der Waals surface area contributed by atoms with Gasteiger partial charge in [-0.3, -0.25) is 0 Å². The van der Waals surface area contributed by atoms with Crippen LogP contribution >= 0.6 is 0 Å². The van der Waals surface area contributed by atoms with Crippen LogP contribution in [0.2, 0.25) is 13.1 Å². The minimum Gasteiger partial charge on any atom is -1.00 e. The Morgan fingerprint density at radius 1 is 0.957 bits per heavy atom. The van der Waals surface area contributed by atoms with Crippen LogP contribution in [0.5, 0.6) is 0 Å². The molecule has 2 aromatic rings. The average molecular weight is 440 g/mol. The number of allylic oxidation sites excluding steroid dienone is 1. The van der Waals surface area contributed by atoms with Gasteiger partial charge < -0.3 is 24.8 Å². The van der Waals surface area contributed by atoms with Crippen molar-refractivity contribution in [3.63, 3.8) is 0 Å². The maximum absolute atomic E-state index is 2.51. The first-order chi connectivity index (χ1) is 10.2. The van der Waals surface area contributed by atoms with Gasteiger partial charge in [0.2, 0.25) is 0 Å². The SMILES string of the molecule is CCC1=Cc2c(-c3ccccc3)cccc2[CH]1[Zr+2][Si](C)C.[Cl-].[Cl-]. The zero-order valence-corrected chi connectivity index (χ0v) is 18.7. The summed E-state index contributed by atoms with van der Waals surface area (Å²) >= 11 is -0.312. The van der Waals surface area contributed by atoms with E-state index in [0.717, 1.165) is 3.63 Å². The molecular formula is C19H21Cl2SiZr. The second kappa shape index (κ2) is 9.37. The molecule has 0 bridgehead atoms. The molecule has 0 spiro atoms. The molecule has 1 atom stereocenters. The van der Waals surface area contributed by atoms with Crippen molar-refractivity contribution in [2.45, 2.75) is 30.1 Å². The van der Waals surface area contributed by atoms with Crippen LogP contribution in [0.3, 0.4) is 0 Å². The van der Waals surface area contributed by atoms with E-state index < -0.39 is 0 Å². The Labute approximate surface area is 164 Å². The minimum absolute atomic E-state index is 0. The van der Waals surface area contributed by atoms with Crippen molar-refractivity contribution in [3.05, 3.63) is 65.2 Å². The molecule has 4 heteroatoms. The summed E-state index contributed by atoms with van der Waals surface area (Å²) in [6, 6.07) is 17.8. The van der Waals surface area contributed by atoms with Crippen molar-refractivity contribution < 1.29 is 47.2 Å². The van der Waals surface area contributed by atoms with E-state index >= 15 is 0 Å². The molecule has 0 saturated carbocycles. The molecule has 2 aromatic carbocycles. The Morgan fingerprint density at radius 3 is 2.26 bits per heavy atom. The Kier molecular flexibility index (Phi) is 8.52. The molecule has 1 unspecified atom stereocenters. The van der Waals surface area contributed by atoms with Crippen molar-refractivity contribution >= 4 is 12.0 Å². The van der Waals surface area contributed by atoms with Gasteiger partial charge in [-0.25, -0.2) is 0 Å². The van der Waals surface area contributed by atoms with Crippen molar-refractivity contribution in [3.8, 4) is 11.1 Å². The molecule has 0 aliphatic heterocycles. The number of halogens is 2. The monoisotopic (exact) mass is 437 g/mol. The van der Waals surface area contributed by atoms with Gasteiger partial charge in [0.05, 0.1) is 0 Å². The minimum atomic E-state index is -0.312. The predicted molar refractivity (Wildman–Crippen MR) is 90.4 cm³/mol. The van der Waals surface area contributed by atoms with Crippen LogP contribution in [-0.2, 0) is 22.4 Å². The topological polar surface area (TPSA) is 0 Å². The van der Waals surface area contributed by atoms with E-state index in [0.29, 0.717) is 0 Å². The number of rotatable bonds is 4. The van der Waals surface area contributed by atoms with E-state index in [1.54, 1.807) is 11.1 Å². The molecular weight excluding hydrogens is 418 g/mol. The van der Waals surface area contributed by atoms with Gasteiger partial charge in [-0.1, -0.05) is 0 Å². The number of benzene rings is 2. The molecule has 0 N–H and O–H groups in total. The first-order valence-electron chi connectivity index (χ1n) is 7.66. The van der Waals surface area contributed by atoms with E-state index in [9.17, 15) is 0 Å². The first-order valence-corrected chi connectivity index (χ1v) is 15.3. The van der Waals surface area contributed by atoms with Gasteiger partial charge >= 0.3 is 141 Å². The van der Waals surface area contributed by atoms with Crippen LogP contribution in [0.1, 0.15) is 28.1 Å². The standard InChI is InChI=1S/C17H15.C2H6Si.2ClH.Zr/c1-2-13-11-15-9-6-10-16(17(15)12-13)14-7-4-3-5-8-14;1-3-2;;;/h3-12H,2H2,1H3;1-2H3;2*1H;/q;;;;+2/p-2. The summed E-state index contributed by atoms with van der Waals surface area (Å²) < 4.78 is 0.834. The zero-order chi connectivity index (χ0) is 14.8. The molecule has 0 saturated heterocycles. The van der Waals surface area contributed by atoms with Gasteiger partial charge in [0, 0.05) is 0 Å². The molecule has 3 rings (SSSR count). The van der Waals surface area contributed by atoms with Gasteiger partial charge in [-0.05, 0) is 0 Å². The van der Waals surface area contributed by atoms with E-state index in [-0.39, 0.29) is 53.1 Å². The molecule has 0 heterocycles. The summed E-state index contributed by atoms with van der Waals surface area (Å²) in [5, 5.41) is 0. The van der Waals surface area contributed by atoms with Crippen LogP contribution in [0.15, 0.2) is 54.1 Å². The molecule has 23 heavy (non-hydrogen) atoms. The number of fused-ring (bicyclic) bond motifs is 1. The zero-order valence-electron chi connectivity index (χ0n) is 13.7. The van der Waals surface area contributed by atoms with Crippen LogP contribution in [0.25, 0.3) is 17.2 Å². The fraction of sp³-hybridized carbons (Fsp3) is 0.263. The largest absolute Gasteiger partial charge is 1.00 e. The van der Waals surface area contributed by atoms with Crippen molar-refractivity contribution in [2.75, 3.05) is 0 Å². The predicted octanol–water partition coefficient (Wildman–Crippen LogP) is -0.457. The number of hydrogen-bond acceptors (Lipinski definition) is 0. The third kappa shape index (κ3) is 4.48. The fourth-order valence-corrected chi connectivity index (χ4v) is 12.1. The van der Waals surface area contributed by atoms with E-state index in [1.165, 1.54) is 23.1 Å². The van der Waals surface area contributed by atoms with Crippen LogP contribution < -0.4 is 24.8 Å². The van der Waals surface area contributed by atoms with E-state index in [4.69, 9.17) is 0 Å². The molecule has 0 aromatic heterocycles. The van der Waals surface area contributed by atoms with Gasteiger partial charge in [-0.15, -0.1) is 0 Å². The Bertz CT molecular complexity index is 668. The summed E-state index contributed by atoms with van der Waals surface area (Å²) in [5.74, 6) is -0.0491.